The van der Waals surface area contributed by atoms with E-state index in [0.29, 0.717) is 15.0 Å². The van der Waals surface area contributed by atoms with Crippen molar-refractivity contribution < 1.29 is 15.0 Å². The first kappa shape index (κ1) is 9.36. The number of carboxylic acid groups (broad SMARTS) is 1. The molecule has 2 N–H and O–H groups in total. The van der Waals surface area contributed by atoms with E-state index in [1.807, 2.05) is 0 Å². The van der Waals surface area contributed by atoms with E-state index in [0.717, 1.165) is 0 Å². The van der Waals surface area contributed by atoms with E-state index < -0.39 is 5.97 Å². The van der Waals surface area contributed by atoms with E-state index >= 15 is 0 Å². The SMILES string of the molecule is O=C(O)c1cc(O)c2sccc2c1S. The predicted octanol–water partition coefficient (Wildman–Crippen LogP) is 2.59. The average Bonchev–Trinajstić information content (AvgIpc) is 2.59. The normalized spacial score (nSPS) is 10.6. The number of aromatic hydroxyl groups is 1. The number of phenolic OH excluding ortho intramolecular Hbond substituents is 1. The van der Waals surface area contributed by atoms with Crippen LogP contribution in [0.3, 0.4) is 0 Å². The van der Waals surface area contributed by atoms with Crippen LogP contribution in [-0.2, 0) is 0 Å². The lowest BCUT2D eigenvalue weighted by Crippen LogP contribution is -1.97. The number of fused-ring (bicyclic) bond motifs is 1. The summed E-state index contributed by atoms with van der Waals surface area (Å²) < 4.78 is 0.667. The highest BCUT2D eigenvalue weighted by Crippen LogP contribution is 2.36. The predicted molar refractivity (Wildman–Crippen MR) is 57.7 cm³/mol. The zero-order chi connectivity index (χ0) is 10.3. The molecular weight excluding hydrogens is 220 g/mol. The van der Waals surface area contributed by atoms with Gasteiger partial charge in [-0.3, -0.25) is 0 Å². The van der Waals surface area contributed by atoms with Crippen LogP contribution in [0.4, 0.5) is 0 Å². The fraction of sp³-hybridized carbons (Fsp3) is 0. The van der Waals surface area contributed by atoms with Gasteiger partial charge in [-0.15, -0.1) is 24.0 Å². The highest BCUT2D eigenvalue weighted by atomic mass is 32.1. The topological polar surface area (TPSA) is 57.5 Å². The van der Waals surface area contributed by atoms with Crippen molar-refractivity contribution in [3.8, 4) is 5.75 Å². The molecule has 1 aromatic heterocycles. The molecule has 2 aromatic rings. The van der Waals surface area contributed by atoms with Crippen molar-refractivity contribution in [2.75, 3.05) is 0 Å². The zero-order valence-corrected chi connectivity index (χ0v) is 8.60. The van der Waals surface area contributed by atoms with Gasteiger partial charge in [0.15, 0.2) is 0 Å². The van der Waals surface area contributed by atoms with Gasteiger partial charge < -0.3 is 10.2 Å². The molecule has 0 spiro atoms. The molecule has 1 heterocycles. The van der Waals surface area contributed by atoms with Crippen LogP contribution < -0.4 is 0 Å². The Kier molecular flexibility index (Phi) is 2.13. The summed E-state index contributed by atoms with van der Waals surface area (Å²) >= 11 is 5.49. The van der Waals surface area contributed by atoms with E-state index in [1.165, 1.54) is 17.4 Å². The molecule has 0 saturated heterocycles. The van der Waals surface area contributed by atoms with Crippen molar-refractivity contribution in [2.24, 2.45) is 0 Å². The second-order valence-corrected chi connectivity index (χ2v) is 4.12. The second-order valence-electron chi connectivity index (χ2n) is 2.76. The van der Waals surface area contributed by atoms with Gasteiger partial charge in [0, 0.05) is 10.3 Å². The molecule has 0 atom stereocenters. The number of phenols is 1. The van der Waals surface area contributed by atoms with Crippen molar-refractivity contribution in [1.82, 2.24) is 0 Å². The molecule has 0 fully saturated rings. The Bertz CT molecular complexity index is 516. The summed E-state index contributed by atoms with van der Waals surface area (Å²) in [4.78, 5) is 11.2. The Labute approximate surface area is 89.0 Å². The maximum atomic E-state index is 10.8. The van der Waals surface area contributed by atoms with Gasteiger partial charge in [0.25, 0.3) is 0 Å². The van der Waals surface area contributed by atoms with Crippen molar-refractivity contribution in [1.29, 1.82) is 0 Å². The van der Waals surface area contributed by atoms with Crippen LogP contribution in [0.5, 0.6) is 5.75 Å². The van der Waals surface area contributed by atoms with Gasteiger partial charge in [0.2, 0.25) is 0 Å². The molecule has 0 radical (unpaired) electrons. The number of aromatic carboxylic acids is 1. The van der Waals surface area contributed by atoms with E-state index in [1.54, 1.807) is 11.4 Å². The molecule has 3 nitrogen and oxygen atoms in total. The minimum absolute atomic E-state index is 0.00907. The second kappa shape index (κ2) is 3.18. The molecule has 0 bridgehead atoms. The smallest absolute Gasteiger partial charge is 0.336 e. The van der Waals surface area contributed by atoms with Crippen LogP contribution in [0.25, 0.3) is 10.1 Å². The summed E-state index contributed by atoms with van der Waals surface area (Å²) in [6, 6.07) is 2.97. The number of benzene rings is 1. The van der Waals surface area contributed by atoms with E-state index in [-0.39, 0.29) is 11.3 Å². The first-order valence-electron chi connectivity index (χ1n) is 3.76. The zero-order valence-electron chi connectivity index (χ0n) is 6.89. The van der Waals surface area contributed by atoms with Crippen LogP contribution in [0, 0.1) is 0 Å². The Morgan fingerprint density at radius 2 is 2.21 bits per heavy atom. The standard InChI is InChI=1S/C9H6O3S2/c10-6-3-5(9(11)12)7(13)4-1-2-14-8(4)6/h1-3,10,13H,(H,11,12). The molecule has 5 heteroatoms. The fourth-order valence-electron chi connectivity index (χ4n) is 1.27. The Hall–Kier alpha value is -1.20. The average molecular weight is 226 g/mol. The number of carbonyl (C=O) groups is 1. The highest BCUT2D eigenvalue weighted by Gasteiger charge is 2.14. The van der Waals surface area contributed by atoms with E-state index in [9.17, 15) is 9.90 Å². The third-order valence-corrected chi connectivity index (χ3v) is 3.34. The lowest BCUT2D eigenvalue weighted by Gasteiger charge is -2.03. The highest BCUT2D eigenvalue weighted by molar-refractivity contribution is 7.80. The summed E-state index contributed by atoms with van der Waals surface area (Å²) in [5.74, 6) is -1.09. The summed E-state index contributed by atoms with van der Waals surface area (Å²) in [5, 5.41) is 20.8. The van der Waals surface area contributed by atoms with Crippen molar-refractivity contribution in [2.45, 2.75) is 4.90 Å². The van der Waals surface area contributed by atoms with Crippen molar-refractivity contribution in [3.63, 3.8) is 0 Å². The molecule has 0 aliphatic rings. The first-order chi connectivity index (χ1) is 6.61. The van der Waals surface area contributed by atoms with Gasteiger partial charge >= 0.3 is 5.97 Å². The number of carboxylic acids is 1. The largest absolute Gasteiger partial charge is 0.506 e. The fourth-order valence-corrected chi connectivity index (χ4v) is 2.51. The summed E-state index contributed by atoms with van der Waals surface area (Å²) in [6.45, 7) is 0. The van der Waals surface area contributed by atoms with Gasteiger partial charge in [-0.25, -0.2) is 4.79 Å². The lowest BCUT2D eigenvalue weighted by atomic mass is 10.1. The van der Waals surface area contributed by atoms with Gasteiger partial charge in [-0.2, -0.15) is 0 Å². The number of thiophene rings is 1. The van der Waals surface area contributed by atoms with Crippen molar-refractivity contribution in [3.05, 3.63) is 23.1 Å². The van der Waals surface area contributed by atoms with E-state index in [2.05, 4.69) is 12.6 Å². The van der Waals surface area contributed by atoms with Crippen LogP contribution >= 0.6 is 24.0 Å². The van der Waals surface area contributed by atoms with Crippen LogP contribution in [0.15, 0.2) is 22.4 Å². The molecule has 0 saturated carbocycles. The van der Waals surface area contributed by atoms with Gasteiger partial charge in [0.1, 0.15) is 5.75 Å². The minimum atomic E-state index is -1.08. The number of rotatable bonds is 1. The van der Waals surface area contributed by atoms with Crippen LogP contribution in [-0.4, -0.2) is 16.2 Å². The van der Waals surface area contributed by atoms with Crippen molar-refractivity contribution >= 4 is 40.0 Å². The third-order valence-electron chi connectivity index (χ3n) is 1.92. The van der Waals surface area contributed by atoms with Gasteiger partial charge in [-0.1, -0.05) is 0 Å². The molecule has 0 aliphatic heterocycles. The van der Waals surface area contributed by atoms with E-state index in [4.69, 9.17) is 5.11 Å². The molecule has 2 rings (SSSR count). The minimum Gasteiger partial charge on any atom is -0.506 e. The summed E-state index contributed by atoms with van der Waals surface area (Å²) in [7, 11) is 0. The maximum Gasteiger partial charge on any atom is 0.336 e. The number of thiol groups is 1. The van der Waals surface area contributed by atoms with Gasteiger partial charge in [-0.05, 0) is 17.5 Å². The quantitative estimate of drug-likeness (QED) is 0.655. The molecule has 0 amide bonds. The Morgan fingerprint density at radius 1 is 1.50 bits per heavy atom. The molecule has 72 valence electrons. The molecular formula is C9H6O3S2. The van der Waals surface area contributed by atoms with Crippen LogP contribution in [0.1, 0.15) is 10.4 Å². The third kappa shape index (κ3) is 1.25. The van der Waals surface area contributed by atoms with Crippen LogP contribution in [0.2, 0.25) is 0 Å². The summed E-state index contributed by atoms with van der Waals surface area (Å²) in [5.41, 5.74) is 0.0248. The number of hydrogen-bond acceptors (Lipinski definition) is 4. The Morgan fingerprint density at radius 3 is 2.86 bits per heavy atom. The molecule has 1 aromatic carbocycles. The maximum absolute atomic E-state index is 10.8. The molecule has 0 aliphatic carbocycles. The summed E-state index contributed by atoms with van der Waals surface area (Å²) in [6.07, 6.45) is 0. The van der Waals surface area contributed by atoms with Gasteiger partial charge in [0.05, 0.1) is 10.3 Å². The first-order valence-corrected chi connectivity index (χ1v) is 5.09. The number of hydrogen-bond donors (Lipinski definition) is 3. The lowest BCUT2D eigenvalue weighted by molar-refractivity contribution is 0.0693. The Balaban J connectivity index is 2.88. The molecule has 0 unspecified atom stereocenters. The monoisotopic (exact) mass is 226 g/mol. The molecule has 14 heavy (non-hydrogen) atoms.